The maximum absolute atomic E-state index is 13.0. The molecule has 0 saturated carbocycles. The SMILES string of the molecule is COc1ccc(CN2CCC3(CC2)C[C@@H](CC(=O)N2CCCC2)c2ccccc2O3)cc1. The van der Waals surface area contributed by atoms with E-state index in [2.05, 4.69) is 46.2 Å². The van der Waals surface area contributed by atoms with Crippen LogP contribution in [0, 0.1) is 0 Å². The lowest BCUT2D eigenvalue weighted by Gasteiger charge is -2.47. The highest BCUT2D eigenvalue weighted by molar-refractivity contribution is 5.77. The first-order valence-corrected chi connectivity index (χ1v) is 12.1. The van der Waals surface area contributed by atoms with Gasteiger partial charge in [0.25, 0.3) is 0 Å². The van der Waals surface area contributed by atoms with Gasteiger partial charge in [0.2, 0.25) is 5.91 Å². The van der Waals surface area contributed by atoms with Gasteiger partial charge in [0.1, 0.15) is 17.1 Å². The summed E-state index contributed by atoms with van der Waals surface area (Å²) in [5.74, 6) is 2.45. The summed E-state index contributed by atoms with van der Waals surface area (Å²) in [7, 11) is 1.70. The van der Waals surface area contributed by atoms with Crippen molar-refractivity contribution in [2.75, 3.05) is 33.3 Å². The monoisotopic (exact) mass is 434 g/mol. The van der Waals surface area contributed by atoms with Gasteiger partial charge in [-0.3, -0.25) is 9.69 Å². The first kappa shape index (κ1) is 21.3. The maximum Gasteiger partial charge on any atom is 0.223 e. The Balaban J connectivity index is 1.26. The number of ether oxygens (including phenoxy) is 2. The second-order valence-corrected chi connectivity index (χ2v) is 9.64. The first-order valence-electron chi connectivity index (χ1n) is 12.1. The number of hydrogen-bond donors (Lipinski definition) is 0. The van der Waals surface area contributed by atoms with Crippen LogP contribution in [0.4, 0.5) is 0 Å². The quantitative estimate of drug-likeness (QED) is 0.689. The van der Waals surface area contributed by atoms with Crippen LogP contribution in [0.2, 0.25) is 0 Å². The van der Waals surface area contributed by atoms with Crippen LogP contribution in [-0.2, 0) is 11.3 Å². The average Bonchev–Trinajstić information content (AvgIpc) is 3.37. The van der Waals surface area contributed by atoms with Crippen LogP contribution in [0.15, 0.2) is 48.5 Å². The van der Waals surface area contributed by atoms with Crippen LogP contribution >= 0.6 is 0 Å². The van der Waals surface area contributed by atoms with E-state index in [-0.39, 0.29) is 11.5 Å². The third kappa shape index (κ3) is 4.49. The van der Waals surface area contributed by atoms with Gasteiger partial charge in [-0.05, 0) is 61.4 Å². The number of methoxy groups -OCH3 is 1. The van der Waals surface area contributed by atoms with Gasteiger partial charge in [-0.25, -0.2) is 0 Å². The fraction of sp³-hybridized carbons (Fsp3) is 0.519. The Morgan fingerprint density at radius 2 is 1.75 bits per heavy atom. The third-order valence-electron chi connectivity index (χ3n) is 7.52. The highest BCUT2D eigenvalue weighted by Crippen LogP contribution is 2.46. The minimum Gasteiger partial charge on any atom is -0.497 e. The lowest BCUT2D eigenvalue weighted by molar-refractivity contribution is -0.131. The Kier molecular flexibility index (Phi) is 6.09. The summed E-state index contributed by atoms with van der Waals surface area (Å²) >= 11 is 0. The van der Waals surface area contributed by atoms with Crippen molar-refractivity contribution in [3.05, 3.63) is 59.7 Å². The van der Waals surface area contributed by atoms with E-state index in [0.29, 0.717) is 12.3 Å². The molecule has 1 atom stereocenters. The zero-order valence-corrected chi connectivity index (χ0v) is 19.1. The number of carbonyl (C=O) groups is 1. The molecule has 2 aromatic carbocycles. The number of rotatable bonds is 5. The van der Waals surface area contributed by atoms with Crippen LogP contribution < -0.4 is 9.47 Å². The molecule has 0 aliphatic carbocycles. The number of para-hydroxylation sites is 1. The van der Waals surface area contributed by atoms with Crippen LogP contribution in [-0.4, -0.2) is 54.6 Å². The number of hydrogen-bond acceptors (Lipinski definition) is 4. The lowest BCUT2D eigenvalue weighted by atomic mass is 9.76. The minimum atomic E-state index is -0.152. The number of benzene rings is 2. The first-order chi connectivity index (χ1) is 15.6. The normalized spacial score (nSPS) is 22.4. The van der Waals surface area contributed by atoms with Gasteiger partial charge in [0.05, 0.1) is 7.11 Å². The number of amides is 1. The smallest absolute Gasteiger partial charge is 0.223 e. The summed E-state index contributed by atoms with van der Waals surface area (Å²) in [6.45, 7) is 4.83. The molecular weight excluding hydrogens is 400 g/mol. The highest BCUT2D eigenvalue weighted by atomic mass is 16.5. The molecule has 0 N–H and O–H groups in total. The van der Waals surface area contributed by atoms with Crippen molar-refractivity contribution in [2.24, 2.45) is 0 Å². The van der Waals surface area contributed by atoms with Crippen molar-refractivity contribution >= 4 is 5.91 Å². The molecule has 1 amide bonds. The Hall–Kier alpha value is -2.53. The van der Waals surface area contributed by atoms with Gasteiger partial charge >= 0.3 is 0 Å². The van der Waals surface area contributed by atoms with Gasteiger partial charge in [-0.15, -0.1) is 0 Å². The number of piperidine rings is 1. The predicted molar refractivity (Wildman–Crippen MR) is 125 cm³/mol. The van der Waals surface area contributed by atoms with Gasteiger partial charge in [-0.1, -0.05) is 30.3 Å². The maximum atomic E-state index is 13.0. The Morgan fingerprint density at radius 1 is 1.03 bits per heavy atom. The van der Waals surface area contributed by atoms with Crippen LogP contribution in [0.1, 0.15) is 55.6 Å². The van der Waals surface area contributed by atoms with Crippen molar-refractivity contribution in [2.45, 2.75) is 56.6 Å². The summed E-state index contributed by atoms with van der Waals surface area (Å²) in [6, 6.07) is 16.7. The molecule has 170 valence electrons. The van der Waals surface area contributed by atoms with E-state index >= 15 is 0 Å². The van der Waals surface area contributed by atoms with Crippen LogP contribution in [0.25, 0.3) is 0 Å². The van der Waals surface area contributed by atoms with E-state index in [1.165, 1.54) is 11.1 Å². The molecule has 2 aromatic rings. The summed E-state index contributed by atoms with van der Waals surface area (Å²) in [5.41, 5.74) is 2.37. The summed E-state index contributed by atoms with van der Waals surface area (Å²) in [5, 5.41) is 0. The molecule has 1 spiro atoms. The fourth-order valence-corrected chi connectivity index (χ4v) is 5.65. The lowest BCUT2D eigenvalue weighted by Crippen LogP contribution is -2.50. The fourth-order valence-electron chi connectivity index (χ4n) is 5.65. The largest absolute Gasteiger partial charge is 0.497 e. The van der Waals surface area contributed by atoms with Gasteiger partial charge in [0.15, 0.2) is 0 Å². The molecule has 5 nitrogen and oxygen atoms in total. The summed E-state index contributed by atoms with van der Waals surface area (Å²) in [4.78, 5) is 17.5. The highest BCUT2D eigenvalue weighted by Gasteiger charge is 2.43. The van der Waals surface area contributed by atoms with Crippen molar-refractivity contribution in [3.8, 4) is 11.5 Å². The van der Waals surface area contributed by atoms with Crippen molar-refractivity contribution < 1.29 is 14.3 Å². The Labute approximate surface area is 191 Å². The van der Waals surface area contributed by atoms with E-state index in [1.807, 2.05) is 12.1 Å². The van der Waals surface area contributed by atoms with E-state index in [0.717, 1.165) is 76.3 Å². The second kappa shape index (κ2) is 9.14. The molecule has 5 rings (SSSR count). The molecule has 0 aromatic heterocycles. The molecule has 0 bridgehead atoms. The number of likely N-dealkylation sites (tertiary alicyclic amines) is 2. The standard InChI is InChI=1S/C27H34N2O3/c1-31-23-10-8-21(9-11-23)20-28-16-12-27(13-17-28)19-22(18-26(30)29-14-4-5-15-29)24-6-2-3-7-25(24)32-27/h2-3,6-11,22H,4-5,12-20H2,1H3/t22-/m1/s1. The number of fused-ring (bicyclic) bond motifs is 1. The van der Waals surface area contributed by atoms with Gasteiger partial charge < -0.3 is 14.4 Å². The topological polar surface area (TPSA) is 42.0 Å². The van der Waals surface area contributed by atoms with Crippen molar-refractivity contribution in [1.82, 2.24) is 9.80 Å². The third-order valence-corrected chi connectivity index (χ3v) is 7.52. The molecule has 32 heavy (non-hydrogen) atoms. The molecule has 2 saturated heterocycles. The Morgan fingerprint density at radius 3 is 2.47 bits per heavy atom. The van der Waals surface area contributed by atoms with E-state index in [9.17, 15) is 4.79 Å². The van der Waals surface area contributed by atoms with E-state index in [1.54, 1.807) is 7.11 Å². The molecule has 0 unspecified atom stereocenters. The van der Waals surface area contributed by atoms with Crippen molar-refractivity contribution in [1.29, 1.82) is 0 Å². The van der Waals surface area contributed by atoms with E-state index < -0.39 is 0 Å². The molecule has 5 heteroatoms. The zero-order valence-electron chi connectivity index (χ0n) is 19.1. The molecule has 2 fully saturated rings. The minimum absolute atomic E-state index is 0.152. The van der Waals surface area contributed by atoms with Crippen LogP contribution in [0.3, 0.4) is 0 Å². The molecule has 3 heterocycles. The molecule has 0 radical (unpaired) electrons. The predicted octanol–water partition coefficient (Wildman–Crippen LogP) is 4.61. The molecular formula is C27H34N2O3. The summed E-state index contributed by atoms with van der Waals surface area (Å²) in [6.07, 6.45) is 5.85. The summed E-state index contributed by atoms with van der Waals surface area (Å²) < 4.78 is 11.9. The van der Waals surface area contributed by atoms with Crippen LogP contribution in [0.5, 0.6) is 11.5 Å². The zero-order chi connectivity index (χ0) is 22.0. The van der Waals surface area contributed by atoms with Gasteiger partial charge in [0, 0.05) is 45.1 Å². The number of nitrogens with zero attached hydrogens (tertiary/aromatic N) is 2. The molecule has 3 aliphatic heterocycles. The van der Waals surface area contributed by atoms with Gasteiger partial charge in [-0.2, -0.15) is 0 Å². The average molecular weight is 435 g/mol. The van der Waals surface area contributed by atoms with E-state index in [4.69, 9.17) is 9.47 Å². The molecule has 3 aliphatic rings. The number of carbonyl (C=O) groups excluding carboxylic acids is 1. The Bertz CT molecular complexity index is 928. The second-order valence-electron chi connectivity index (χ2n) is 9.64. The van der Waals surface area contributed by atoms with Crippen molar-refractivity contribution in [3.63, 3.8) is 0 Å².